The summed E-state index contributed by atoms with van der Waals surface area (Å²) in [4.78, 5) is 15.7. The lowest BCUT2D eigenvalue weighted by Crippen LogP contribution is -2.60. The molecule has 0 radical (unpaired) electrons. The van der Waals surface area contributed by atoms with Crippen LogP contribution in [0, 0.1) is 23.3 Å². The molecule has 2 fully saturated rings. The SMILES string of the molecule is CC1(C)CC(Nc2nc(Cl)ncc2F)CC(C)(C)N1.CC1(C)CC(Nc2nc(Nc3cc(-n4cnnn4)ccc3F)ncc2F)CC(C)(C)N1.Cl.Nc1cc(-n2cnnn2)ccc1F. The molecule has 64 heavy (non-hydrogen) atoms. The Morgan fingerprint density at radius 3 is 1.56 bits per heavy atom. The predicted octanol–water partition coefficient (Wildman–Crippen LogP) is 6.99. The van der Waals surface area contributed by atoms with Crippen LogP contribution < -0.4 is 32.3 Å². The van der Waals surface area contributed by atoms with Gasteiger partial charge in [-0.1, -0.05) is 0 Å². The van der Waals surface area contributed by atoms with E-state index in [1.165, 1.54) is 52.4 Å². The Morgan fingerprint density at radius 2 is 1.09 bits per heavy atom. The predicted molar refractivity (Wildman–Crippen MR) is 238 cm³/mol. The molecule has 18 nitrogen and oxygen atoms in total. The molecule has 0 amide bonds. The number of piperidine rings is 2. The van der Waals surface area contributed by atoms with E-state index in [1.54, 1.807) is 6.07 Å². The van der Waals surface area contributed by atoms with Crippen molar-refractivity contribution in [3.8, 4) is 11.4 Å². The summed E-state index contributed by atoms with van der Waals surface area (Å²) in [5, 5.41) is 37.9. The molecular weight excluding hydrogens is 879 g/mol. The maximum Gasteiger partial charge on any atom is 0.229 e. The molecule has 2 saturated heterocycles. The quantitative estimate of drug-likeness (QED) is 0.0514. The van der Waals surface area contributed by atoms with Gasteiger partial charge in [-0.05, 0) is 150 Å². The summed E-state index contributed by atoms with van der Waals surface area (Å²) in [5.41, 5.74) is 6.52. The molecule has 0 unspecified atom stereocenters. The molecule has 0 spiro atoms. The number of tetrazole rings is 2. The number of nitrogens with one attached hydrogen (secondary N) is 5. The average Bonchev–Trinajstić information content (AvgIpc) is 3.91. The van der Waals surface area contributed by atoms with Crippen molar-refractivity contribution in [3.63, 3.8) is 0 Å². The lowest BCUT2D eigenvalue weighted by molar-refractivity contribution is 0.170. The first kappa shape index (κ1) is 49.2. The van der Waals surface area contributed by atoms with Gasteiger partial charge < -0.3 is 32.3 Å². The van der Waals surface area contributed by atoms with Crippen LogP contribution >= 0.6 is 24.0 Å². The maximum absolute atomic E-state index is 14.4. The van der Waals surface area contributed by atoms with Gasteiger partial charge in [0.2, 0.25) is 11.2 Å². The number of nitrogen functional groups attached to an aromatic ring is 1. The van der Waals surface area contributed by atoms with Crippen LogP contribution in [-0.4, -0.2) is 94.6 Å². The summed E-state index contributed by atoms with van der Waals surface area (Å²) in [6, 6.07) is 8.77. The van der Waals surface area contributed by atoms with Crippen molar-refractivity contribution in [2.75, 3.05) is 21.7 Å². The summed E-state index contributed by atoms with van der Waals surface area (Å²) in [5.74, 6) is -1.67. The largest absolute Gasteiger partial charge is 0.396 e. The van der Waals surface area contributed by atoms with E-state index in [1.807, 2.05) is 0 Å². The molecule has 2 aliphatic heterocycles. The van der Waals surface area contributed by atoms with E-state index in [0.29, 0.717) is 11.4 Å². The molecule has 24 heteroatoms. The molecule has 6 aromatic rings. The number of nitrogens with two attached hydrogens (primary N) is 1. The van der Waals surface area contributed by atoms with Crippen molar-refractivity contribution in [3.05, 3.63) is 90.0 Å². The number of halogens is 6. The highest BCUT2D eigenvalue weighted by Gasteiger charge is 2.39. The number of hydrogen-bond acceptors (Lipinski definition) is 16. The standard InChI is InChI=1S/C20H25F2N9.C13H20ClFN4.C7H6FN5.ClH/c1-19(2)8-12(9-20(3,4)28-19)25-17-15(22)10-23-18(27-17)26-16-7-13(5-6-14(16)21)31-11-24-29-30-31;1-12(2)5-8(6-13(3,4)19-12)17-10-9(15)7-16-11(14)18-10;8-6-2-1-5(3-7(6)9)13-4-10-11-12-13;/h5-7,10-12,28H,8-9H2,1-4H3,(H2,23,25,26,27);7-8,19H,5-6H2,1-4H3,(H,16,17,18);1-4H,9H2;1H. The Bertz CT molecular complexity index is 2440. The van der Waals surface area contributed by atoms with Gasteiger partial charge in [-0.2, -0.15) is 9.97 Å². The highest BCUT2D eigenvalue weighted by molar-refractivity contribution is 6.28. The zero-order valence-electron chi connectivity index (χ0n) is 36.5. The second-order valence-corrected chi connectivity index (χ2v) is 18.4. The molecule has 8 rings (SSSR count). The third kappa shape index (κ3) is 13.6. The molecule has 4 aromatic heterocycles. The topological polar surface area (TPSA) is 225 Å². The molecule has 0 aliphatic carbocycles. The lowest BCUT2D eigenvalue weighted by atomic mass is 9.79. The van der Waals surface area contributed by atoms with Gasteiger partial charge >= 0.3 is 0 Å². The van der Waals surface area contributed by atoms with E-state index < -0.39 is 23.3 Å². The van der Waals surface area contributed by atoms with E-state index >= 15 is 0 Å². The molecule has 0 saturated carbocycles. The number of anilines is 5. The zero-order valence-corrected chi connectivity index (χ0v) is 38.1. The van der Waals surface area contributed by atoms with Gasteiger partial charge in [0.15, 0.2) is 23.3 Å². The normalized spacial score (nSPS) is 17.4. The fraction of sp³-hybridized carbons (Fsp3) is 0.450. The number of aromatic nitrogens is 12. The molecule has 0 bridgehead atoms. The van der Waals surface area contributed by atoms with Gasteiger partial charge in [0.25, 0.3) is 0 Å². The summed E-state index contributed by atoms with van der Waals surface area (Å²) in [6.07, 6.45) is 8.33. The molecule has 0 atom stereocenters. The van der Waals surface area contributed by atoms with Gasteiger partial charge in [-0.15, -0.1) is 22.6 Å². The highest BCUT2D eigenvalue weighted by Crippen LogP contribution is 2.32. The first-order chi connectivity index (χ1) is 29.5. The third-order valence-corrected chi connectivity index (χ3v) is 10.1. The van der Waals surface area contributed by atoms with Crippen LogP contribution in [0.2, 0.25) is 5.28 Å². The van der Waals surface area contributed by atoms with Crippen molar-refractivity contribution in [1.82, 2.24) is 71.0 Å². The van der Waals surface area contributed by atoms with Gasteiger partial charge in [0.1, 0.15) is 24.3 Å². The minimum atomic E-state index is -0.567. The molecule has 6 heterocycles. The molecule has 344 valence electrons. The number of benzene rings is 2. The molecule has 2 aromatic carbocycles. The van der Waals surface area contributed by atoms with Crippen molar-refractivity contribution in [2.45, 2.75) is 115 Å². The van der Waals surface area contributed by atoms with Crippen LogP contribution in [0.25, 0.3) is 11.4 Å². The summed E-state index contributed by atoms with van der Waals surface area (Å²) in [7, 11) is 0. The Morgan fingerprint density at radius 1 is 0.641 bits per heavy atom. The van der Waals surface area contributed by atoms with Gasteiger partial charge in [0, 0.05) is 34.2 Å². The van der Waals surface area contributed by atoms with Crippen LogP contribution in [0.15, 0.2) is 61.4 Å². The van der Waals surface area contributed by atoms with E-state index in [4.69, 9.17) is 17.3 Å². The maximum atomic E-state index is 14.4. The number of rotatable bonds is 8. The molecule has 7 N–H and O–H groups in total. The molecule has 2 aliphatic rings. The summed E-state index contributed by atoms with van der Waals surface area (Å²) in [6.45, 7) is 17.0. The first-order valence-electron chi connectivity index (χ1n) is 19.9. The highest BCUT2D eigenvalue weighted by atomic mass is 35.5. The van der Waals surface area contributed by atoms with Crippen LogP contribution in [0.1, 0.15) is 81.1 Å². The monoisotopic (exact) mass is 930 g/mol. The lowest BCUT2D eigenvalue weighted by Gasteiger charge is -2.46. The second-order valence-electron chi connectivity index (χ2n) is 18.0. The van der Waals surface area contributed by atoms with E-state index in [9.17, 15) is 17.6 Å². The van der Waals surface area contributed by atoms with Crippen LogP contribution in [0.4, 0.5) is 46.5 Å². The van der Waals surface area contributed by atoms with Crippen molar-refractivity contribution in [2.24, 2.45) is 0 Å². The number of nitrogens with zero attached hydrogens (tertiary/aromatic N) is 12. The van der Waals surface area contributed by atoms with Gasteiger partial charge in [0.05, 0.1) is 35.1 Å². The third-order valence-electron chi connectivity index (χ3n) is 9.92. The van der Waals surface area contributed by atoms with E-state index in [0.717, 1.165) is 38.1 Å². The smallest absolute Gasteiger partial charge is 0.229 e. The Hall–Kier alpha value is -5.84. The minimum Gasteiger partial charge on any atom is -0.396 e. The van der Waals surface area contributed by atoms with E-state index in [2.05, 4.69) is 133 Å². The van der Waals surface area contributed by atoms with Crippen molar-refractivity contribution >= 4 is 53.0 Å². The summed E-state index contributed by atoms with van der Waals surface area (Å²) >= 11 is 5.71. The summed E-state index contributed by atoms with van der Waals surface area (Å²) < 4.78 is 58.0. The average molecular weight is 932 g/mol. The van der Waals surface area contributed by atoms with Crippen LogP contribution in [-0.2, 0) is 0 Å². The Kier molecular flexibility index (Phi) is 15.3. The Labute approximate surface area is 378 Å². The van der Waals surface area contributed by atoms with Gasteiger partial charge in [-0.3, -0.25) is 0 Å². The van der Waals surface area contributed by atoms with Crippen LogP contribution in [0.5, 0.6) is 0 Å². The number of hydrogen-bond donors (Lipinski definition) is 6. The van der Waals surface area contributed by atoms with Crippen LogP contribution in [0.3, 0.4) is 0 Å². The van der Waals surface area contributed by atoms with E-state index in [-0.39, 0.29) is 80.9 Å². The fourth-order valence-corrected chi connectivity index (χ4v) is 8.45. The van der Waals surface area contributed by atoms with Crippen molar-refractivity contribution in [1.29, 1.82) is 0 Å². The zero-order chi connectivity index (χ0) is 45.7. The van der Waals surface area contributed by atoms with Gasteiger partial charge in [-0.25, -0.2) is 36.9 Å². The second kappa shape index (κ2) is 19.9. The minimum absolute atomic E-state index is 0. The Balaban J connectivity index is 0.000000198. The van der Waals surface area contributed by atoms with Crippen molar-refractivity contribution < 1.29 is 17.6 Å². The first-order valence-corrected chi connectivity index (χ1v) is 20.3. The fourth-order valence-electron chi connectivity index (χ4n) is 8.32. The molecular formula is C40H52Cl2F4N18.